The molecule has 0 aromatic heterocycles. The van der Waals surface area contributed by atoms with Gasteiger partial charge in [0.2, 0.25) is 5.75 Å². The van der Waals surface area contributed by atoms with Crippen molar-refractivity contribution in [3.05, 3.63) is 40.6 Å². The van der Waals surface area contributed by atoms with Gasteiger partial charge in [0.1, 0.15) is 11.5 Å². The lowest BCUT2D eigenvalue weighted by Crippen LogP contribution is -2.02. The van der Waals surface area contributed by atoms with Crippen molar-refractivity contribution in [1.29, 1.82) is 0 Å². The SMILES string of the molecule is COc1cc(=O)cc2oc(-c3cc(O)c(O)c(OC)c3)c(O)cc1-2. The fraction of sp³-hybridized carbons (Fsp3) is 0.118. The molecule has 1 aromatic rings. The average Bonchev–Trinajstić information content (AvgIpc) is 2.56. The van der Waals surface area contributed by atoms with Gasteiger partial charge in [-0.15, -0.1) is 0 Å². The molecule has 1 aromatic carbocycles. The first kappa shape index (κ1) is 15.5. The van der Waals surface area contributed by atoms with Gasteiger partial charge in [-0.25, -0.2) is 0 Å². The number of hydrogen-bond acceptors (Lipinski definition) is 7. The molecular weight excluding hydrogens is 316 g/mol. The fourth-order valence-electron chi connectivity index (χ4n) is 2.42. The van der Waals surface area contributed by atoms with Gasteiger partial charge in [0.25, 0.3) is 0 Å². The molecule has 0 atom stereocenters. The standard InChI is InChI=1S/C17H14O7/c1-22-13-5-9(18)6-14-10(13)7-12(20)17(24-14)8-3-11(19)16(21)15(4-8)23-2/h3-7,19-21H,1-2H3. The van der Waals surface area contributed by atoms with Gasteiger partial charge in [0.05, 0.1) is 19.8 Å². The molecule has 1 heterocycles. The number of phenols is 2. The highest BCUT2D eigenvalue weighted by Crippen LogP contribution is 2.44. The van der Waals surface area contributed by atoms with Crippen LogP contribution in [0, 0.1) is 0 Å². The van der Waals surface area contributed by atoms with E-state index in [-0.39, 0.29) is 39.8 Å². The second-order valence-electron chi connectivity index (χ2n) is 5.04. The van der Waals surface area contributed by atoms with E-state index in [2.05, 4.69) is 0 Å². The second-order valence-corrected chi connectivity index (χ2v) is 5.04. The predicted octanol–water partition coefficient (Wildman–Crippen LogP) is 2.55. The van der Waals surface area contributed by atoms with Crippen LogP contribution in [0.5, 0.6) is 28.7 Å². The number of hydrogen-bond donors (Lipinski definition) is 3. The molecular formula is C17H14O7. The Bertz CT molecular complexity index is 942. The summed E-state index contributed by atoms with van der Waals surface area (Å²) in [6.07, 6.45) is 0. The Balaban J connectivity index is 2.28. The minimum Gasteiger partial charge on any atom is -0.504 e. The number of rotatable bonds is 3. The Morgan fingerprint density at radius 2 is 1.58 bits per heavy atom. The van der Waals surface area contributed by atoms with Crippen molar-refractivity contribution >= 4 is 0 Å². The topological polar surface area (TPSA) is 109 Å². The largest absolute Gasteiger partial charge is 0.504 e. The van der Waals surface area contributed by atoms with Crippen LogP contribution in [0.4, 0.5) is 0 Å². The zero-order chi connectivity index (χ0) is 17.4. The molecule has 0 spiro atoms. The Labute approximate surface area is 136 Å². The summed E-state index contributed by atoms with van der Waals surface area (Å²) < 4.78 is 15.7. The van der Waals surface area contributed by atoms with E-state index in [0.29, 0.717) is 5.56 Å². The number of phenolic OH excluding ortho intramolecular Hbond substituents is 2. The molecule has 0 fully saturated rings. The summed E-state index contributed by atoms with van der Waals surface area (Å²) in [6.45, 7) is 0. The lowest BCUT2D eigenvalue weighted by atomic mass is 10.1. The van der Waals surface area contributed by atoms with E-state index in [1.54, 1.807) is 0 Å². The number of fused-ring (bicyclic) bond motifs is 1. The number of methoxy groups -OCH3 is 2. The smallest absolute Gasteiger partial charge is 0.200 e. The van der Waals surface area contributed by atoms with Crippen molar-refractivity contribution < 1.29 is 29.2 Å². The van der Waals surface area contributed by atoms with Crippen molar-refractivity contribution in [3.63, 3.8) is 0 Å². The highest BCUT2D eigenvalue weighted by molar-refractivity contribution is 5.77. The van der Waals surface area contributed by atoms with Crippen molar-refractivity contribution in [2.24, 2.45) is 0 Å². The zero-order valence-corrected chi connectivity index (χ0v) is 12.9. The molecule has 7 nitrogen and oxygen atoms in total. The van der Waals surface area contributed by atoms with E-state index in [4.69, 9.17) is 13.9 Å². The number of ether oxygens (including phenoxy) is 2. The third-order valence-corrected chi connectivity index (χ3v) is 3.56. The van der Waals surface area contributed by atoms with E-state index in [0.717, 1.165) is 0 Å². The predicted molar refractivity (Wildman–Crippen MR) is 85.1 cm³/mol. The van der Waals surface area contributed by atoms with Crippen LogP contribution in [-0.4, -0.2) is 29.5 Å². The van der Waals surface area contributed by atoms with Crippen molar-refractivity contribution in [3.8, 4) is 51.4 Å². The summed E-state index contributed by atoms with van der Waals surface area (Å²) in [5.41, 5.74) is 0.371. The molecule has 124 valence electrons. The first-order valence-electron chi connectivity index (χ1n) is 6.89. The van der Waals surface area contributed by atoms with Gasteiger partial charge >= 0.3 is 0 Å². The molecule has 1 aliphatic heterocycles. The summed E-state index contributed by atoms with van der Waals surface area (Å²) in [7, 11) is 2.73. The van der Waals surface area contributed by atoms with Gasteiger partial charge in [-0.2, -0.15) is 0 Å². The fourth-order valence-corrected chi connectivity index (χ4v) is 2.42. The van der Waals surface area contributed by atoms with Crippen LogP contribution in [0.25, 0.3) is 22.6 Å². The van der Waals surface area contributed by atoms with Gasteiger partial charge in [0.15, 0.2) is 28.4 Å². The Morgan fingerprint density at radius 1 is 0.875 bits per heavy atom. The van der Waals surface area contributed by atoms with E-state index < -0.39 is 11.5 Å². The highest BCUT2D eigenvalue weighted by Gasteiger charge is 2.20. The monoisotopic (exact) mass is 330 g/mol. The van der Waals surface area contributed by atoms with Crippen molar-refractivity contribution in [2.45, 2.75) is 0 Å². The normalized spacial score (nSPS) is 10.8. The van der Waals surface area contributed by atoms with Crippen LogP contribution < -0.4 is 14.9 Å². The second kappa shape index (κ2) is 5.69. The number of benzene rings is 2. The minimum atomic E-state index is -0.436. The average molecular weight is 330 g/mol. The molecule has 3 N–H and O–H groups in total. The molecule has 0 unspecified atom stereocenters. The van der Waals surface area contributed by atoms with E-state index in [9.17, 15) is 20.1 Å². The van der Waals surface area contributed by atoms with Gasteiger partial charge < -0.3 is 29.2 Å². The van der Waals surface area contributed by atoms with Crippen molar-refractivity contribution in [2.75, 3.05) is 14.2 Å². The Hall–Kier alpha value is -3.35. The van der Waals surface area contributed by atoms with Gasteiger partial charge in [-0.05, 0) is 18.2 Å². The summed E-state index contributed by atoms with van der Waals surface area (Å²) in [6, 6.07) is 6.53. The molecule has 0 saturated heterocycles. The molecule has 0 saturated carbocycles. The summed E-state index contributed by atoms with van der Waals surface area (Å²) in [5, 5.41) is 29.7. The summed E-state index contributed by atoms with van der Waals surface area (Å²) in [4.78, 5) is 11.7. The maximum Gasteiger partial charge on any atom is 0.200 e. The molecule has 0 radical (unpaired) electrons. The van der Waals surface area contributed by atoms with Gasteiger partial charge in [0, 0.05) is 17.7 Å². The number of aromatic hydroxyl groups is 3. The van der Waals surface area contributed by atoms with E-state index in [1.807, 2.05) is 0 Å². The minimum absolute atomic E-state index is 0.00348. The van der Waals surface area contributed by atoms with Crippen LogP contribution in [0.2, 0.25) is 0 Å². The third kappa shape index (κ3) is 2.45. The molecule has 0 amide bonds. The summed E-state index contributed by atoms with van der Waals surface area (Å²) in [5.74, 6) is -0.600. The van der Waals surface area contributed by atoms with Crippen LogP contribution in [-0.2, 0) is 0 Å². The van der Waals surface area contributed by atoms with Crippen LogP contribution in [0.1, 0.15) is 0 Å². The van der Waals surface area contributed by atoms with E-state index in [1.165, 1.54) is 44.6 Å². The highest BCUT2D eigenvalue weighted by atomic mass is 16.5. The molecule has 7 heteroatoms. The Kier molecular flexibility index (Phi) is 3.69. The quantitative estimate of drug-likeness (QED) is 0.633. The maximum atomic E-state index is 11.7. The van der Waals surface area contributed by atoms with Crippen molar-refractivity contribution in [1.82, 2.24) is 0 Å². The summed E-state index contributed by atoms with van der Waals surface area (Å²) >= 11 is 0. The molecule has 1 aliphatic carbocycles. The first-order chi connectivity index (χ1) is 11.4. The van der Waals surface area contributed by atoms with Gasteiger partial charge in [-0.1, -0.05) is 0 Å². The molecule has 3 rings (SSSR count). The third-order valence-electron chi connectivity index (χ3n) is 3.56. The maximum absolute atomic E-state index is 11.7. The van der Waals surface area contributed by atoms with Gasteiger partial charge in [-0.3, -0.25) is 4.79 Å². The first-order valence-corrected chi connectivity index (χ1v) is 6.89. The lowest BCUT2D eigenvalue weighted by Gasteiger charge is -2.14. The molecule has 24 heavy (non-hydrogen) atoms. The van der Waals surface area contributed by atoms with E-state index >= 15 is 0 Å². The Morgan fingerprint density at radius 3 is 2.25 bits per heavy atom. The zero-order valence-electron chi connectivity index (χ0n) is 12.9. The lowest BCUT2D eigenvalue weighted by molar-refractivity contribution is 0.351. The molecule has 0 bridgehead atoms. The molecule has 2 aliphatic rings. The van der Waals surface area contributed by atoms with Crippen LogP contribution in [0.15, 0.2) is 39.5 Å². The van der Waals surface area contributed by atoms with Crippen LogP contribution in [0.3, 0.4) is 0 Å². The van der Waals surface area contributed by atoms with Crippen LogP contribution >= 0.6 is 0 Å².